The van der Waals surface area contributed by atoms with Crippen LogP contribution in [0, 0.1) is 0 Å². The van der Waals surface area contributed by atoms with Crippen LogP contribution >= 0.6 is 0 Å². The van der Waals surface area contributed by atoms with E-state index < -0.39 is 23.8 Å². The van der Waals surface area contributed by atoms with E-state index in [0.717, 1.165) is 11.1 Å². The van der Waals surface area contributed by atoms with Crippen molar-refractivity contribution >= 4 is 17.8 Å². The molecule has 7 heteroatoms. The lowest BCUT2D eigenvalue weighted by Crippen LogP contribution is -2.46. The summed E-state index contributed by atoms with van der Waals surface area (Å²) >= 11 is 0. The summed E-state index contributed by atoms with van der Waals surface area (Å²) in [6, 6.07) is 18.7. The molecular weight excluding hydrogens is 384 g/mol. The van der Waals surface area contributed by atoms with Gasteiger partial charge in [0.15, 0.2) is 0 Å². The molecule has 3 rings (SSSR count). The Morgan fingerprint density at radius 3 is 2.30 bits per heavy atom. The summed E-state index contributed by atoms with van der Waals surface area (Å²) in [6.45, 7) is 0.289. The second kappa shape index (κ2) is 10.1. The highest BCUT2D eigenvalue weighted by Crippen LogP contribution is 2.20. The fourth-order valence-electron chi connectivity index (χ4n) is 2.92. The number of hydrogen-bond acceptors (Lipinski definition) is 4. The third kappa shape index (κ3) is 5.81. The number of aliphatic carboxylic acids is 1. The van der Waals surface area contributed by atoms with Gasteiger partial charge in [-0.1, -0.05) is 42.5 Å². The van der Waals surface area contributed by atoms with Gasteiger partial charge in [0.25, 0.3) is 5.91 Å². The van der Waals surface area contributed by atoms with Crippen molar-refractivity contribution in [1.82, 2.24) is 10.6 Å². The molecule has 3 aromatic rings. The molecule has 30 heavy (non-hydrogen) atoms. The summed E-state index contributed by atoms with van der Waals surface area (Å²) in [5, 5.41) is 14.4. The molecule has 0 bridgehead atoms. The summed E-state index contributed by atoms with van der Waals surface area (Å²) in [5.74, 6) is -1.23. The average Bonchev–Trinajstić information content (AvgIpc) is 3.30. The van der Waals surface area contributed by atoms with Crippen LogP contribution in [0.15, 0.2) is 77.4 Å². The first-order valence-electron chi connectivity index (χ1n) is 9.51. The highest BCUT2D eigenvalue weighted by Gasteiger charge is 2.22. The molecule has 1 heterocycles. The van der Waals surface area contributed by atoms with Crippen molar-refractivity contribution in [3.05, 3.63) is 84.1 Å². The lowest BCUT2D eigenvalue weighted by molar-refractivity contribution is -0.137. The Morgan fingerprint density at radius 2 is 1.67 bits per heavy atom. The van der Waals surface area contributed by atoms with Crippen molar-refractivity contribution in [2.45, 2.75) is 25.4 Å². The van der Waals surface area contributed by atoms with Crippen molar-refractivity contribution < 1.29 is 23.9 Å². The highest BCUT2D eigenvalue weighted by molar-refractivity contribution is 5.98. The Labute approximate surface area is 173 Å². The van der Waals surface area contributed by atoms with Crippen LogP contribution in [-0.4, -0.2) is 28.9 Å². The van der Waals surface area contributed by atoms with Crippen LogP contribution < -0.4 is 10.6 Å². The highest BCUT2D eigenvalue weighted by atomic mass is 16.4. The number of nitrogens with one attached hydrogen (secondary N) is 2. The first-order valence-corrected chi connectivity index (χ1v) is 9.51. The Bertz CT molecular complexity index is 982. The van der Waals surface area contributed by atoms with E-state index in [2.05, 4.69) is 10.6 Å². The van der Waals surface area contributed by atoms with Crippen LogP contribution in [0.4, 0.5) is 0 Å². The number of carboxylic acids is 1. The molecule has 0 saturated heterocycles. The van der Waals surface area contributed by atoms with Gasteiger partial charge in [-0.05, 0) is 36.2 Å². The van der Waals surface area contributed by atoms with Crippen LogP contribution in [0.25, 0.3) is 11.3 Å². The van der Waals surface area contributed by atoms with Crippen molar-refractivity contribution in [2.24, 2.45) is 0 Å². The first kappa shape index (κ1) is 20.9. The molecule has 7 nitrogen and oxygen atoms in total. The summed E-state index contributed by atoms with van der Waals surface area (Å²) in [4.78, 5) is 36.1. The predicted octanol–water partition coefficient (Wildman–Crippen LogP) is 3.23. The Morgan fingerprint density at radius 1 is 0.933 bits per heavy atom. The number of furan rings is 1. The largest absolute Gasteiger partial charge is 0.481 e. The first-order chi connectivity index (χ1) is 14.5. The fourth-order valence-corrected chi connectivity index (χ4v) is 2.92. The number of carbonyl (C=O) groups excluding carboxylic acids is 2. The number of carbonyl (C=O) groups is 3. The second-order valence-corrected chi connectivity index (χ2v) is 6.72. The quantitative estimate of drug-likeness (QED) is 0.506. The molecule has 3 N–H and O–H groups in total. The van der Waals surface area contributed by atoms with E-state index in [4.69, 9.17) is 9.52 Å². The molecule has 0 aliphatic rings. The normalized spacial score (nSPS) is 11.5. The van der Waals surface area contributed by atoms with Gasteiger partial charge in [-0.3, -0.25) is 14.4 Å². The van der Waals surface area contributed by atoms with Crippen LogP contribution in [0.3, 0.4) is 0 Å². The van der Waals surface area contributed by atoms with Crippen LogP contribution in [0.5, 0.6) is 0 Å². The number of carboxylic acid groups (broad SMARTS) is 1. The average molecular weight is 406 g/mol. The minimum absolute atomic E-state index is 0.00776. The van der Waals surface area contributed by atoms with Gasteiger partial charge in [-0.15, -0.1) is 0 Å². The zero-order valence-electron chi connectivity index (χ0n) is 16.2. The molecule has 0 spiro atoms. The van der Waals surface area contributed by atoms with E-state index in [1.165, 1.54) is 0 Å². The molecular formula is C23H22N2O5. The molecule has 2 amide bonds. The molecule has 0 aliphatic heterocycles. The molecule has 0 unspecified atom stereocenters. The molecule has 1 aromatic heterocycles. The maximum Gasteiger partial charge on any atom is 0.303 e. The minimum Gasteiger partial charge on any atom is -0.481 e. The molecule has 0 fully saturated rings. The number of amides is 2. The van der Waals surface area contributed by atoms with Crippen LogP contribution in [0.1, 0.15) is 28.8 Å². The van der Waals surface area contributed by atoms with Gasteiger partial charge >= 0.3 is 5.97 Å². The minimum atomic E-state index is -1.03. The molecule has 154 valence electrons. The summed E-state index contributed by atoms with van der Waals surface area (Å²) in [6.07, 6.45) is 1.32. The molecule has 0 radical (unpaired) electrons. The predicted molar refractivity (Wildman–Crippen MR) is 111 cm³/mol. The lowest BCUT2D eigenvalue weighted by atomic mass is 10.1. The zero-order chi connectivity index (χ0) is 21.3. The van der Waals surface area contributed by atoms with Crippen LogP contribution in [-0.2, 0) is 16.1 Å². The van der Waals surface area contributed by atoms with Crippen LogP contribution in [0.2, 0.25) is 0 Å². The lowest BCUT2D eigenvalue weighted by Gasteiger charge is -2.18. The van der Waals surface area contributed by atoms with E-state index in [9.17, 15) is 14.4 Å². The fraction of sp³-hybridized carbons (Fsp3) is 0.174. The number of hydrogen-bond donors (Lipinski definition) is 3. The van der Waals surface area contributed by atoms with E-state index in [1.54, 1.807) is 36.6 Å². The van der Waals surface area contributed by atoms with Crippen molar-refractivity contribution in [3.8, 4) is 11.3 Å². The van der Waals surface area contributed by atoms with E-state index >= 15 is 0 Å². The third-order valence-electron chi connectivity index (χ3n) is 4.53. The van der Waals surface area contributed by atoms with E-state index in [-0.39, 0.29) is 19.4 Å². The van der Waals surface area contributed by atoms with Crippen molar-refractivity contribution in [2.75, 3.05) is 0 Å². The standard InChI is InChI=1S/C23H22N2O5/c26-21(27)13-12-19(23(29)24-15-16-5-2-1-3-6-16)25-22(28)18-10-8-17(9-11-18)20-7-4-14-30-20/h1-11,14,19H,12-13,15H2,(H,24,29)(H,25,28)(H,26,27)/t19-/m0/s1. The Kier molecular flexibility index (Phi) is 7.00. The molecule has 1 atom stereocenters. The SMILES string of the molecule is O=C(O)CC[C@H](NC(=O)c1ccc(-c2ccco2)cc1)C(=O)NCc1ccccc1. The van der Waals surface area contributed by atoms with E-state index in [1.807, 2.05) is 36.4 Å². The monoisotopic (exact) mass is 406 g/mol. The number of benzene rings is 2. The summed E-state index contributed by atoms with van der Waals surface area (Å²) in [5.41, 5.74) is 2.09. The Balaban J connectivity index is 1.64. The summed E-state index contributed by atoms with van der Waals surface area (Å²) in [7, 11) is 0. The smallest absolute Gasteiger partial charge is 0.303 e. The molecule has 0 saturated carbocycles. The summed E-state index contributed by atoms with van der Waals surface area (Å²) < 4.78 is 5.32. The van der Waals surface area contributed by atoms with Crippen molar-refractivity contribution in [1.29, 1.82) is 0 Å². The van der Waals surface area contributed by atoms with E-state index in [0.29, 0.717) is 11.3 Å². The van der Waals surface area contributed by atoms with Gasteiger partial charge < -0.3 is 20.2 Å². The van der Waals surface area contributed by atoms with Gasteiger partial charge in [0.05, 0.1) is 6.26 Å². The molecule has 0 aliphatic carbocycles. The van der Waals surface area contributed by atoms with Gasteiger partial charge in [0.1, 0.15) is 11.8 Å². The van der Waals surface area contributed by atoms with Gasteiger partial charge in [0, 0.05) is 24.1 Å². The van der Waals surface area contributed by atoms with Gasteiger partial charge in [0.2, 0.25) is 5.91 Å². The maximum absolute atomic E-state index is 12.6. The second-order valence-electron chi connectivity index (χ2n) is 6.72. The van der Waals surface area contributed by atoms with Gasteiger partial charge in [-0.25, -0.2) is 0 Å². The third-order valence-corrected chi connectivity index (χ3v) is 4.53. The number of rotatable bonds is 9. The molecule has 2 aromatic carbocycles. The topological polar surface area (TPSA) is 109 Å². The maximum atomic E-state index is 12.6. The van der Waals surface area contributed by atoms with Crippen molar-refractivity contribution in [3.63, 3.8) is 0 Å². The Hall–Kier alpha value is -3.87. The van der Waals surface area contributed by atoms with Gasteiger partial charge in [-0.2, -0.15) is 0 Å². The zero-order valence-corrected chi connectivity index (χ0v) is 16.2.